The summed E-state index contributed by atoms with van der Waals surface area (Å²) in [6.45, 7) is 5.36. The van der Waals surface area contributed by atoms with Gasteiger partial charge in [0.25, 0.3) is 0 Å². The Morgan fingerprint density at radius 3 is 2.38 bits per heavy atom. The number of aliphatic hydroxyl groups excluding tert-OH is 1. The molecule has 0 amide bonds. The number of hydrogen-bond acceptors (Lipinski definition) is 3. The van der Waals surface area contributed by atoms with E-state index in [1.807, 2.05) is 13.0 Å². The highest BCUT2D eigenvalue weighted by Gasteiger charge is 2.13. The Morgan fingerprint density at radius 2 is 1.94 bits per heavy atom. The molecule has 0 radical (unpaired) electrons. The molecule has 0 aliphatic heterocycles. The van der Waals surface area contributed by atoms with Gasteiger partial charge >= 0.3 is 0 Å². The first-order chi connectivity index (χ1) is 7.41. The van der Waals surface area contributed by atoms with Crippen LogP contribution < -0.4 is 10.5 Å². The maximum atomic E-state index is 9.33. The van der Waals surface area contributed by atoms with Gasteiger partial charge < -0.3 is 15.6 Å². The van der Waals surface area contributed by atoms with Gasteiger partial charge in [0.1, 0.15) is 11.9 Å². The third-order valence-corrected chi connectivity index (χ3v) is 2.77. The minimum absolute atomic E-state index is 0.0549. The zero-order valence-electron chi connectivity index (χ0n) is 9.77. The van der Waals surface area contributed by atoms with Crippen LogP contribution in [-0.4, -0.2) is 17.3 Å². The largest absolute Gasteiger partial charge is 0.486 e. The lowest BCUT2D eigenvalue weighted by Gasteiger charge is -2.18. The van der Waals surface area contributed by atoms with Crippen LogP contribution in [0.5, 0.6) is 5.75 Å². The number of ether oxygens (including phenoxy) is 1. The Labute approximate surface area is 101 Å². The Hall–Kier alpha value is -0.770. The summed E-state index contributed by atoms with van der Waals surface area (Å²) in [6.07, 6.45) is -0.831. The van der Waals surface area contributed by atoms with Crippen LogP contribution >= 0.6 is 11.6 Å². The molecule has 3 N–H and O–H groups in total. The second-order valence-electron chi connectivity index (χ2n) is 4.04. The van der Waals surface area contributed by atoms with Crippen LogP contribution in [0, 0.1) is 0 Å². The van der Waals surface area contributed by atoms with Gasteiger partial charge in [-0.05, 0) is 38.5 Å². The van der Waals surface area contributed by atoms with Crippen molar-refractivity contribution < 1.29 is 9.84 Å². The van der Waals surface area contributed by atoms with E-state index in [1.165, 1.54) is 0 Å². The summed E-state index contributed by atoms with van der Waals surface area (Å²) in [5.41, 5.74) is 6.70. The molecule has 16 heavy (non-hydrogen) atoms. The van der Waals surface area contributed by atoms with E-state index in [1.54, 1.807) is 26.0 Å². The average Bonchev–Trinajstić information content (AvgIpc) is 2.20. The van der Waals surface area contributed by atoms with Crippen LogP contribution in [-0.2, 0) is 0 Å². The molecule has 0 heterocycles. The van der Waals surface area contributed by atoms with E-state index in [2.05, 4.69) is 0 Å². The number of nitrogens with two attached hydrogens (primary N) is 1. The molecule has 4 heteroatoms. The van der Waals surface area contributed by atoms with E-state index < -0.39 is 6.10 Å². The molecule has 0 aliphatic carbocycles. The summed E-state index contributed by atoms with van der Waals surface area (Å²) in [6, 6.07) is 5.39. The van der Waals surface area contributed by atoms with Gasteiger partial charge in [-0.15, -0.1) is 0 Å². The minimum atomic E-state index is -0.538. The summed E-state index contributed by atoms with van der Waals surface area (Å²) < 4.78 is 5.52. The van der Waals surface area contributed by atoms with Crippen molar-refractivity contribution in [3.63, 3.8) is 0 Å². The van der Waals surface area contributed by atoms with Crippen molar-refractivity contribution >= 4 is 11.6 Å². The molecule has 3 atom stereocenters. The smallest absolute Gasteiger partial charge is 0.138 e. The summed E-state index contributed by atoms with van der Waals surface area (Å²) in [5, 5.41) is 9.84. The molecule has 3 nitrogen and oxygen atoms in total. The Balaban J connectivity index is 2.83. The third kappa shape index (κ3) is 3.37. The van der Waals surface area contributed by atoms with Crippen molar-refractivity contribution in [2.45, 2.75) is 39.0 Å². The maximum Gasteiger partial charge on any atom is 0.138 e. The lowest BCUT2D eigenvalue weighted by Crippen LogP contribution is -2.25. The molecule has 0 bridgehead atoms. The quantitative estimate of drug-likeness (QED) is 0.854. The molecule has 1 rings (SSSR count). The predicted octanol–water partition coefficient (Wildman–Crippen LogP) is 2.51. The molecular weight excluding hydrogens is 226 g/mol. The molecule has 1 aromatic carbocycles. The zero-order chi connectivity index (χ0) is 12.3. The van der Waals surface area contributed by atoms with E-state index >= 15 is 0 Å². The average molecular weight is 244 g/mol. The summed E-state index contributed by atoms with van der Waals surface area (Å²) in [7, 11) is 0. The van der Waals surface area contributed by atoms with Crippen LogP contribution in [0.1, 0.15) is 32.4 Å². The van der Waals surface area contributed by atoms with Crippen molar-refractivity contribution in [2.24, 2.45) is 5.73 Å². The second-order valence-corrected chi connectivity index (χ2v) is 4.45. The number of benzene rings is 1. The maximum absolute atomic E-state index is 9.33. The molecule has 3 unspecified atom stereocenters. The van der Waals surface area contributed by atoms with Crippen LogP contribution in [0.15, 0.2) is 18.2 Å². The monoisotopic (exact) mass is 243 g/mol. The van der Waals surface area contributed by atoms with Crippen LogP contribution in [0.4, 0.5) is 0 Å². The van der Waals surface area contributed by atoms with Crippen LogP contribution in [0.25, 0.3) is 0 Å². The molecule has 0 fully saturated rings. The number of aliphatic hydroxyl groups is 1. The fourth-order valence-corrected chi connectivity index (χ4v) is 1.43. The normalized spacial score (nSPS) is 16.6. The van der Waals surface area contributed by atoms with Crippen molar-refractivity contribution in [1.82, 2.24) is 0 Å². The lowest BCUT2D eigenvalue weighted by molar-refractivity contribution is 0.0605. The molecular formula is C12H18ClNO2. The molecule has 90 valence electrons. The van der Waals surface area contributed by atoms with Gasteiger partial charge in [-0.25, -0.2) is 0 Å². The van der Waals surface area contributed by atoms with Gasteiger partial charge in [-0.3, -0.25) is 0 Å². The first-order valence-electron chi connectivity index (χ1n) is 5.31. The predicted molar refractivity (Wildman–Crippen MR) is 65.8 cm³/mol. The topological polar surface area (TPSA) is 55.5 Å². The number of halogens is 1. The molecule has 0 saturated carbocycles. The summed E-state index contributed by atoms with van der Waals surface area (Å²) in [5.74, 6) is 0.569. The second kappa shape index (κ2) is 5.53. The standard InChI is InChI=1S/C12H18ClNO2/c1-7(14)10-4-5-12(11(13)6-10)16-9(3)8(2)15/h4-9,15H,14H2,1-3H3. The van der Waals surface area contributed by atoms with Crippen molar-refractivity contribution in [2.75, 3.05) is 0 Å². The lowest BCUT2D eigenvalue weighted by atomic mass is 10.1. The van der Waals surface area contributed by atoms with Gasteiger partial charge in [0.15, 0.2) is 0 Å². The first-order valence-corrected chi connectivity index (χ1v) is 5.69. The third-order valence-electron chi connectivity index (χ3n) is 2.47. The number of hydrogen-bond donors (Lipinski definition) is 2. The Kier molecular flexibility index (Phi) is 4.59. The fourth-order valence-electron chi connectivity index (χ4n) is 1.19. The van der Waals surface area contributed by atoms with Gasteiger partial charge in [0.2, 0.25) is 0 Å². The van der Waals surface area contributed by atoms with E-state index in [4.69, 9.17) is 22.1 Å². The van der Waals surface area contributed by atoms with E-state index in [-0.39, 0.29) is 12.1 Å². The van der Waals surface area contributed by atoms with Crippen molar-refractivity contribution in [3.8, 4) is 5.75 Å². The minimum Gasteiger partial charge on any atom is -0.486 e. The Bertz CT molecular complexity index is 353. The highest BCUT2D eigenvalue weighted by Crippen LogP contribution is 2.28. The van der Waals surface area contributed by atoms with Gasteiger partial charge in [-0.2, -0.15) is 0 Å². The summed E-state index contributed by atoms with van der Waals surface area (Å²) >= 11 is 6.06. The first kappa shape index (κ1) is 13.3. The molecule has 0 spiro atoms. The highest BCUT2D eigenvalue weighted by atomic mass is 35.5. The highest BCUT2D eigenvalue weighted by molar-refractivity contribution is 6.32. The molecule has 0 saturated heterocycles. The molecule has 1 aromatic rings. The van der Waals surface area contributed by atoms with E-state index in [0.29, 0.717) is 10.8 Å². The SMILES string of the molecule is CC(N)c1ccc(OC(C)C(C)O)c(Cl)c1. The van der Waals surface area contributed by atoms with Crippen LogP contribution in [0.2, 0.25) is 5.02 Å². The van der Waals surface area contributed by atoms with Crippen molar-refractivity contribution in [3.05, 3.63) is 28.8 Å². The van der Waals surface area contributed by atoms with Gasteiger partial charge in [0.05, 0.1) is 11.1 Å². The molecule has 0 aliphatic rings. The zero-order valence-corrected chi connectivity index (χ0v) is 10.5. The van der Waals surface area contributed by atoms with Gasteiger partial charge in [0, 0.05) is 6.04 Å². The fraction of sp³-hybridized carbons (Fsp3) is 0.500. The Morgan fingerprint density at radius 1 is 1.31 bits per heavy atom. The van der Waals surface area contributed by atoms with Crippen molar-refractivity contribution in [1.29, 1.82) is 0 Å². The van der Waals surface area contributed by atoms with Gasteiger partial charge in [-0.1, -0.05) is 17.7 Å². The van der Waals surface area contributed by atoms with E-state index in [0.717, 1.165) is 5.56 Å². The number of rotatable bonds is 4. The summed E-state index contributed by atoms with van der Waals surface area (Å²) in [4.78, 5) is 0. The van der Waals surface area contributed by atoms with Crippen LogP contribution in [0.3, 0.4) is 0 Å². The molecule has 0 aromatic heterocycles. The van der Waals surface area contributed by atoms with E-state index in [9.17, 15) is 5.11 Å².